The summed E-state index contributed by atoms with van der Waals surface area (Å²) in [5.41, 5.74) is 1.94. The number of aryl methyl sites for hydroxylation is 1. The molecule has 0 spiro atoms. The summed E-state index contributed by atoms with van der Waals surface area (Å²) in [6.45, 7) is 5.07. The quantitative estimate of drug-likeness (QED) is 0.233. The first kappa shape index (κ1) is 23.1. The molecule has 0 heterocycles. The number of rotatable bonds is 10. The van der Waals surface area contributed by atoms with Crippen LogP contribution in [0.4, 0.5) is 0 Å². The van der Waals surface area contributed by atoms with Gasteiger partial charge < -0.3 is 14.2 Å². The average Bonchev–Trinajstić information content (AvgIpc) is 2.81. The second-order valence-electron chi connectivity index (χ2n) is 7.87. The number of ether oxygens (including phenoxy) is 3. The monoisotopic (exact) mass is 432 g/mol. The van der Waals surface area contributed by atoms with Crippen molar-refractivity contribution in [1.29, 1.82) is 0 Å². The highest BCUT2D eigenvalue weighted by atomic mass is 16.5. The number of esters is 2. The van der Waals surface area contributed by atoms with Crippen LogP contribution in [0, 0.1) is 5.92 Å². The first-order valence-corrected chi connectivity index (χ1v) is 10.8. The van der Waals surface area contributed by atoms with Gasteiger partial charge in [0.05, 0.1) is 24.3 Å². The maximum Gasteiger partial charge on any atom is 0.343 e. The van der Waals surface area contributed by atoms with Crippen LogP contribution in [0.15, 0.2) is 78.9 Å². The molecule has 0 amide bonds. The first-order valence-electron chi connectivity index (χ1n) is 10.8. The van der Waals surface area contributed by atoms with Gasteiger partial charge in [-0.05, 0) is 66.8 Å². The molecule has 3 rings (SSSR count). The van der Waals surface area contributed by atoms with Crippen molar-refractivity contribution in [3.8, 4) is 11.5 Å². The van der Waals surface area contributed by atoms with E-state index in [1.54, 1.807) is 42.5 Å². The minimum atomic E-state index is -0.506. The van der Waals surface area contributed by atoms with Crippen LogP contribution in [0.5, 0.6) is 11.5 Å². The molecule has 3 aromatic rings. The zero-order chi connectivity index (χ0) is 22.8. The van der Waals surface area contributed by atoms with E-state index in [0.29, 0.717) is 36.0 Å². The van der Waals surface area contributed by atoms with Crippen molar-refractivity contribution >= 4 is 11.9 Å². The van der Waals surface area contributed by atoms with Crippen molar-refractivity contribution in [2.75, 3.05) is 13.2 Å². The third kappa shape index (κ3) is 7.27. The number of hydrogen-bond acceptors (Lipinski definition) is 5. The van der Waals surface area contributed by atoms with E-state index in [1.807, 2.05) is 30.3 Å². The van der Waals surface area contributed by atoms with E-state index in [-0.39, 0.29) is 5.75 Å². The summed E-state index contributed by atoms with van der Waals surface area (Å²) in [6, 6.07) is 23.3. The van der Waals surface area contributed by atoms with Gasteiger partial charge in [0.15, 0.2) is 0 Å². The fourth-order valence-corrected chi connectivity index (χ4v) is 2.97. The Morgan fingerprint density at radius 3 is 2.25 bits per heavy atom. The van der Waals surface area contributed by atoms with Crippen LogP contribution < -0.4 is 9.47 Å². The van der Waals surface area contributed by atoms with E-state index in [4.69, 9.17) is 14.2 Å². The van der Waals surface area contributed by atoms with Crippen LogP contribution in [0.3, 0.4) is 0 Å². The van der Waals surface area contributed by atoms with Crippen LogP contribution in [-0.4, -0.2) is 25.2 Å². The van der Waals surface area contributed by atoms with Gasteiger partial charge in [-0.2, -0.15) is 0 Å². The van der Waals surface area contributed by atoms with Crippen LogP contribution in [-0.2, 0) is 11.2 Å². The van der Waals surface area contributed by atoms with Gasteiger partial charge in [0.2, 0.25) is 0 Å². The lowest BCUT2D eigenvalue weighted by atomic mass is 10.1. The Hall–Kier alpha value is -3.60. The van der Waals surface area contributed by atoms with E-state index < -0.39 is 11.9 Å². The fraction of sp³-hybridized carbons (Fsp3) is 0.259. The Balaban J connectivity index is 1.50. The standard InChI is InChI=1S/C27H28O5/c1-20(2)19-31-24-15-13-22(14-16-24)27(29)32-25-12-6-11-23(18-25)26(28)30-17-7-10-21-8-4-3-5-9-21/h3-6,8-9,11-16,18,20H,7,10,17,19H2,1-2H3. The molecule has 0 fully saturated rings. The fourth-order valence-electron chi connectivity index (χ4n) is 2.97. The molecule has 0 saturated carbocycles. The summed E-state index contributed by atoms with van der Waals surface area (Å²) in [7, 11) is 0. The number of carbonyl (C=O) groups is 2. The Labute approximate surface area is 188 Å². The van der Waals surface area contributed by atoms with Gasteiger partial charge in [-0.1, -0.05) is 50.2 Å². The molecule has 166 valence electrons. The number of benzene rings is 3. The van der Waals surface area contributed by atoms with Crippen LogP contribution in [0.2, 0.25) is 0 Å². The molecule has 0 unspecified atom stereocenters. The molecular weight excluding hydrogens is 404 g/mol. The van der Waals surface area contributed by atoms with Crippen LogP contribution >= 0.6 is 0 Å². The number of carbonyl (C=O) groups excluding carboxylic acids is 2. The largest absolute Gasteiger partial charge is 0.493 e. The number of hydrogen-bond donors (Lipinski definition) is 0. The lowest BCUT2D eigenvalue weighted by Crippen LogP contribution is -2.10. The predicted molar refractivity (Wildman–Crippen MR) is 123 cm³/mol. The second-order valence-corrected chi connectivity index (χ2v) is 7.87. The van der Waals surface area contributed by atoms with E-state index in [9.17, 15) is 9.59 Å². The Morgan fingerprint density at radius 2 is 1.53 bits per heavy atom. The molecule has 0 bridgehead atoms. The van der Waals surface area contributed by atoms with Crippen LogP contribution in [0.1, 0.15) is 46.5 Å². The maximum absolute atomic E-state index is 12.4. The molecule has 0 N–H and O–H groups in total. The minimum absolute atomic E-state index is 0.286. The zero-order valence-electron chi connectivity index (χ0n) is 18.5. The second kappa shape index (κ2) is 11.7. The molecule has 3 aromatic carbocycles. The molecule has 32 heavy (non-hydrogen) atoms. The minimum Gasteiger partial charge on any atom is -0.493 e. The molecule has 0 aliphatic rings. The first-order chi connectivity index (χ1) is 15.5. The Bertz CT molecular complexity index is 1010. The van der Waals surface area contributed by atoms with Gasteiger partial charge in [-0.15, -0.1) is 0 Å². The molecular formula is C27H28O5. The van der Waals surface area contributed by atoms with Crippen molar-refractivity contribution in [2.24, 2.45) is 5.92 Å². The van der Waals surface area contributed by atoms with E-state index in [2.05, 4.69) is 13.8 Å². The van der Waals surface area contributed by atoms with Crippen molar-refractivity contribution < 1.29 is 23.8 Å². The highest BCUT2D eigenvalue weighted by molar-refractivity contribution is 5.92. The SMILES string of the molecule is CC(C)COc1ccc(C(=O)Oc2cccc(C(=O)OCCCc3ccccc3)c2)cc1. The van der Waals surface area contributed by atoms with Gasteiger partial charge in [-0.25, -0.2) is 9.59 Å². The average molecular weight is 433 g/mol. The summed E-state index contributed by atoms with van der Waals surface area (Å²) in [5.74, 6) is 0.458. The summed E-state index contributed by atoms with van der Waals surface area (Å²) >= 11 is 0. The summed E-state index contributed by atoms with van der Waals surface area (Å²) in [4.78, 5) is 24.8. The van der Waals surface area contributed by atoms with Gasteiger partial charge in [0.25, 0.3) is 0 Å². The zero-order valence-corrected chi connectivity index (χ0v) is 18.5. The normalized spacial score (nSPS) is 10.6. The molecule has 0 aromatic heterocycles. The lowest BCUT2D eigenvalue weighted by Gasteiger charge is -2.10. The molecule has 5 nitrogen and oxygen atoms in total. The van der Waals surface area contributed by atoms with Gasteiger partial charge in [0, 0.05) is 0 Å². The van der Waals surface area contributed by atoms with Crippen molar-refractivity contribution in [2.45, 2.75) is 26.7 Å². The third-order valence-corrected chi connectivity index (χ3v) is 4.64. The molecule has 5 heteroatoms. The van der Waals surface area contributed by atoms with Crippen molar-refractivity contribution in [3.05, 3.63) is 95.6 Å². The molecule has 0 aliphatic carbocycles. The molecule has 0 atom stereocenters. The van der Waals surface area contributed by atoms with Gasteiger partial charge in [0.1, 0.15) is 11.5 Å². The van der Waals surface area contributed by atoms with E-state index >= 15 is 0 Å². The maximum atomic E-state index is 12.4. The van der Waals surface area contributed by atoms with Crippen molar-refractivity contribution in [1.82, 2.24) is 0 Å². The Morgan fingerprint density at radius 1 is 0.781 bits per heavy atom. The molecule has 0 radical (unpaired) electrons. The predicted octanol–water partition coefficient (Wildman–Crippen LogP) is 5.73. The van der Waals surface area contributed by atoms with Crippen LogP contribution in [0.25, 0.3) is 0 Å². The van der Waals surface area contributed by atoms with E-state index in [1.165, 1.54) is 11.6 Å². The highest BCUT2D eigenvalue weighted by Gasteiger charge is 2.12. The lowest BCUT2D eigenvalue weighted by molar-refractivity contribution is 0.0498. The highest BCUT2D eigenvalue weighted by Crippen LogP contribution is 2.18. The summed E-state index contributed by atoms with van der Waals surface area (Å²) in [5, 5.41) is 0. The third-order valence-electron chi connectivity index (χ3n) is 4.64. The summed E-state index contributed by atoms with van der Waals surface area (Å²) in [6.07, 6.45) is 1.58. The Kier molecular flexibility index (Phi) is 8.44. The van der Waals surface area contributed by atoms with Crippen molar-refractivity contribution in [3.63, 3.8) is 0 Å². The smallest absolute Gasteiger partial charge is 0.343 e. The van der Waals surface area contributed by atoms with E-state index in [0.717, 1.165) is 12.8 Å². The molecule has 0 aliphatic heterocycles. The summed E-state index contributed by atoms with van der Waals surface area (Å²) < 4.78 is 16.4. The molecule has 0 saturated heterocycles. The van der Waals surface area contributed by atoms with Gasteiger partial charge >= 0.3 is 11.9 Å². The van der Waals surface area contributed by atoms with Gasteiger partial charge in [-0.3, -0.25) is 0 Å². The topological polar surface area (TPSA) is 61.8 Å².